The quantitative estimate of drug-likeness (QED) is 0.330. The van der Waals surface area contributed by atoms with Crippen LogP contribution in [0.5, 0.6) is 0 Å². The number of rotatable bonds is 12. The molecule has 0 saturated heterocycles. The predicted octanol–water partition coefficient (Wildman–Crippen LogP) is 1.78. The molecule has 0 aliphatic rings. The molecule has 0 unspecified atom stereocenters. The molecule has 0 fully saturated rings. The van der Waals surface area contributed by atoms with Gasteiger partial charge in [-0.2, -0.15) is 0 Å². The van der Waals surface area contributed by atoms with Gasteiger partial charge in [0.1, 0.15) is 0 Å². The Labute approximate surface area is 184 Å². The van der Waals surface area contributed by atoms with E-state index >= 15 is 0 Å². The van der Waals surface area contributed by atoms with E-state index < -0.39 is 32.9 Å². The second-order valence-electron chi connectivity index (χ2n) is 8.27. The molecule has 1 aromatic heterocycles. The average molecular weight is 471 g/mol. The van der Waals surface area contributed by atoms with Gasteiger partial charge < -0.3 is 28.7 Å². The van der Waals surface area contributed by atoms with Crippen molar-refractivity contribution in [3.8, 4) is 0 Å². The van der Waals surface area contributed by atoms with Crippen molar-refractivity contribution in [2.45, 2.75) is 78.2 Å². The van der Waals surface area contributed by atoms with Crippen LogP contribution < -0.4 is 19.6 Å². The Kier molecular flexibility index (Phi) is 10.3. The maximum atomic E-state index is 12.1. The molecule has 176 valence electrons. The average Bonchev–Trinajstić information content (AvgIpc) is 3.03. The monoisotopic (exact) mass is 471 g/mol. The van der Waals surface area contributed by atoms with Gasteiger partial charge in [0.05, 0.1) is 5.69 Å². The Morgan fingerprint density at radius 1 is 0.968 bits per heavy atom. The Morgan fingerprint density at radius 2 is 1.52 bits per heavy atom. The van der Waals surface area contributed by atoms with Crippen LogP contribution in [-0.2, 0) is 22.1 Å². The number of allylic oxidation sites excluding steroid dienone is 6. The van der Waals surface area contributed by atoms with Crippen molar-refractivity contribution >= 4 is 15.2 Å². The highest BCUT2D eigenvalue weighted by atomic mass is 31.2. The maximum Gasteiger partial charge on any atom is 0.0840 e. The highest BCUT2D eigenvalue weighted by Gasteiger charge is 2.38. The predicted molar refractivity (Wildman–Crippen MR) is 113 cm³/mol. The third kappa shape index (κ3) is 8.60. The summed E-state index contributed by atoms with van der Waals surface area (Å²) in [5.41, 5.74) is 2.88. The van der Waals surface area contributed by atoms with Crippen molar-refractivity contribution in [2.75, 3.05) is 0 Å². The highest BCUT2D eigenvalue weighted by Crippen LogP contribution is 2.64. The van der Waals surface area contributed by atoms with Crippen LogP contribution in [0.25, 0.3) is 0 Å². The standard InChI is InChI=1S/C20H35N3O6P2/c1-16(2)8-6-10-18(5)11-12-20(30(24,25)26,31(27,28)29)14-19-15-23(22-21-19)13-7-9-17(3)4/h8-9,11,15H,6-7,10,12-14H2,1-5H3,(H2,24,25,26)(H2,27,28,29)/p-4/b18-11+. The minimum absolute atomic E-state index is 0.0355. The Balaban J connectivity index is 3.17. The van der Waals surface area contributed by atoms with Gasteiger partial charge in [0.15, 0.2) is 0 Å². The minimum atomic E-state index is -5.85. The van der Waals surface area contributed by atoms with Gasteiger partial charge in [0.2, 0.25) is 0 Å². The molecule has 0 atom stereocenters. The Hall–Kier alpha value is -1.34. The van der Waals surface area contributed by atoms with Crippen LogP contribution in [0.15, 0.2) is 41.1 Å². The van der Waals surface area contributed by atoms with Gasteiger partial charge in [-0.05, 0) is 60.3 Å². The lowest BCUT2D eigenvalue weighted by molar-refractivity contribution is -0.336. The van der Waals surface area contributed by atoms with Crippen LogP contribution in [0, 0.1) is 0 Å². The lowest BCUT2D eigenvalue weighted by Gasteiger charge is -2.59. The molecule has 0 aliphatic heterocycles. The number of aromatic nitrogens is 3. The summed E-state index contributed by atoms with van der Waals surface area (Å²) in [6.07, 6.45) is 7.00. The molecule has 0 spiro atoms. The van der Waals surface area contributed by atoms with Crippen molar-refractivity contribution in [3.63, 3.8) is 0 Å². The molecule has 0 amide bonds. The van der Waals surface area contributed by atoms with E-state index in [4.69, 9.17) is 0 Å². The molecular formula is C20H31N3O6P2-4. The van der Waals surface area contributed by atoms with E-state index in [1.54, 1.807) is 6.92 Å². The van der Waals surface area contributed by atoms with Crippen LogP contribution in [0.2, 0.25) is 0 Å². The second-order valence-corrected chi connectivity index (χ2v) is 12.3. The molecule has 1 rings (SSSR count). The second kappa shape index (κ2) is 11.5. The molecule has 31 heavy (non-hydrogen) atoms. The van der Waals surface area contributed by atoms with E-state index in [9.17, 15) is 28.7 Å². The van der Waals surface area contributed by atoms with E-state index in [0.717, 1.165) is 11.1 Å². The molecule has 0 N–H and O–H groups in total. The molecular weight excluding hydrogens is 440 g/mol. The normalized spacial score (nSPS) is 13.3. The van der Waals surface area contributed by atoms with E-state index in [1.807, 2.05) is 39.8 Å². The summed E-state index contributed by atoms with van der Waals surface area (Å²) < 4.78 is 25.6. The fraction of sp³-hybridized carbons (Fsp3) is 0.600. The van der Waals surface area contributed by atoms with Crippen LogP contribution in [0.3, 0.4) is 0 Å². The summed E-state index contributed by atoms with van der Waals surface area (Å²) in [5.74, 6) is 0. The van der Waals surface area contributed by atoms with E-state index in [0.29, 0.717) is 31.4 Å². The topological polar surface area (TPSA) is 157 Å². The number of aryl methyl sites for hydroxylation is 1. The van der Waals surface area contributed by atoms with Crippen molar-refractivity contribution in [2.24, 2.45) is 0 Å². The third-order valence-corrected chi connectivity index (χ3v) is 9.04. The zero-order chi connectivity index (χ0) is 23.9. The van der Waals surface area contributed by atoms with E-state index in [2.05, 4.69) is 10.3 Å². The minimum Gasteiger partial charge on any atom is -0.810 e. The summed E-state index contributed by atoms with van der Waals surface area (Å²) in [5, 5.41) is 7.63. The number of hydrogen-bond donors (Lipinski definition) is 0. The molecule has 0 aliphatic carbocycles. The number of nitrogens with zero attached hydrogens (tertiary/aromatic N) is 3. The SMILES string of the molecule is CC(C)=CCC/C(C)=C/CC(Cc1cn(CCC=C(C)C)nn1)(P(=O)([O-])[O-])P(=O)([O-])[O-]. The zero-order valence-electron chi connectivity index (χ0n) is 18.7. The summed E-state index contributed by atoms with van der Waals surface area (Å²) in [6.45, 7) is 9.89. The van der Waals surface area contributed by atoms with Crippen molar-refractivity contribution < 1.29 is 28.7 Å². The van der Waals surface area contributed by atoms with E-state index in [1.165, 1.54) is 17.0 Å². The Morgan fingerprint density at radius 3 is 2.03 bits per heavy atom. The lowest BCUT2D eigenvalue weighted by Crippen LogP contribution is -2.47. The van der Waals surface area contributed by atoms with Gasteiger partial charge >= 0.3 is 0 Å². The Bertz CT molecular complexity index is 893. The molecule has 1 aromatic rings. The summed E-state index contributed by atoms with van der Waals surface area (Å²) in [4.78, 5) is 45.3. The fourth-order valence-electron chi connectivity index (χ4n) is 2.97. The van der Waals surface area contributed by atoms with Crippen LogP contribution in [-0.4, -0.2) is 19.9 Å². The smallest absolute Gasteiger partial charge is 0.0840 e. The van der Waals surface area contributed by atoms with Crippen molar-refractivity contribution in [1.29, 1.82) is 0 Å². The molecule has 0 bridgehead atoms. The van der Waals surface area contributed by atoms with Crippen LogP contribution >= 0.6 is 15.2 Å². The summed E-state index contributed by atoms with van der Waals surface area (Å²) in [6, 6.07) is 0. The highest BCUT2D eigenvalue weighted by molar-refractivity contribution is 7.69. The summed E-state index contributed by atoms with van der Waals surface area (Å²) >= 11 is 0. The van der Waals surface area contributed by atoms with Crippen molar-refractivity contribution in [1.82, 2.24) is 15.0 Å². The molecule has 0 radical (unpaired) electrons. The maximum absolute atomic E-state index is 12.1. The van der Waals surface area contributed by atoms with Gasteiger partial charge in [-0.15, -0.1) is 5.10 Å². The van der Waals surface area contributed by atoms with Gasteiger partial charge in [-0.25, -0.2) is 0 Å². The van der Waals surface area contributed by atoms with Gasteiger partial charge in [-0.1, -0.05) is 55.4 Å². The van der Waals surface area contributed by atoms with Crippen LogP contribution in [0.4, 0.5) is 0 Å². The van der Waals surface area contributed by atoms with Crippen molar-refractivity contribution in [3.05, 3.63) is 46.8 Å². The first kappa shape index (κ1) is 27.7. The summed E-state index contributed by atoms with van der Waals surface area (Å²) in [7, 11) is -11.7. The zero-order valence-corrected chi connectivity index (χ0v) is 20.5. The molecule has 1 heterocycles. The first-order valence-corrected chi connectivity index (χ1v) is 13.1. The lowest BCUT2D eigenvalue weighted by atomic mass is 10.1. The molecule has 9 nitrogen and oxygen atoms in total. The van der Waals surface area contributed by atoms with Gasteiger partial charge in [-0.3, -0.25) is 4.68 Å². The number of hydrogen-bond acceptors (Lipinski definition) is 8. The third-order valence-electron chi connectivity index (χ3n) is 4.85. The molecule has 0 aromatic carbocycles. The largest absolute Gasteiger partial charge is 0.810 e. The first-order valence-electron chi connectivity index (χ1n) is 10.0. The molecule has 0 saturated carbocycles. The van der Waals surface area contributed by atoms with Crippen LogP contribution in [0.1, 0.15) is 66.0 Å². The van der Waals surface area contributed by atoms with E-state index in [-0.39, 0.29) is 5.69 Å². The van der Waals surface area contributed by atoms with Gasteiger partial charge in [0, 0.05) is 24.1 Å². The first-order chi connectivity index (χ1) is 14.2. The molecule has 11 heteroatoms. The fourth-order valence-corrected chi connectivity index (χ4v) is 5.51. The van der Waals surface area contributed by atoms with Gasteiger partial charge in [0.25, 0.3) is 0 Å².